The molecule has 0 aliphatic carbocycles. The predicted octanol–water partition coefficient (Wildman–Crippen LogP) is 1.61. The summed E-state index contributed by atoms with van der Waals surface area (Å²) in [6, 6.07) is 2.86. The number of carbonyl (C=O) groups is 3. The van der Waals surface area contributed by atoms with Crippen LogP contribution in [0.15, 0.2) is 18.2 Å². The van der Waals surface area contributed by atoms with Gasteiger partial charge in [-0.3, -0.25) is 9.59 Å². The molecule has 4 amide bonds. The van der Waals surface area contributed by atoms with E-state index in [-0.39, 0.29) is 37.2 Å². The molecule has 1 aromatic carbocycles. The average Bonchev–Trinajstić information content (AvgIpc) is 2.67. The number of nitrogens with two attached hydrogens (primary N) is 1. The van der Waals surface area contributed by atoms with E-state index in [1.165, 1.54) is 13.1 Å². The van der Waals surface area contributed by atoms with Crippen molar-refractivity contribution in [3.05, 3.63) is 35.4 Å². The second-order valence-corrected chi connectivity index (χ2v) is 7.11. The maximum atomic E-state index is 13.2. The standard InChI is InChI=1S/C19H26F2N4O3/c1-24(19(22)28)12-18(27)25-8-2-3-13(11-25)5-7-17(26)23-10-14-4-6-15(20)16(21)9-14/h4,6,9,13H,2-3,5,7-8,10-12H2,1H3,(H2,22,28)(H,23,26). The first-order chi connectivity index (χ1) is 13.3. The van der Waals surface area contributed by atoms with Gasteiger partial charge in [0.05, 0.1) is 0 Å². The lowest BCUT2D eigenvalue weighted by Crippen LogP contribution is -2.46. The first kappa shape index (κ1) is 21.6. The molecule has 0 saturated carbocycles. The third-order valence-electron chi connectivity index (χ3n) is 4.87. The van der Waals surface area contributed by atoms with Gasteiger partial charge in [0, 0.05) is 33.1 Å². The number of likely N-dealkylation sites (N-methyl/N-ethyl adjacent to an activating group) is 1. The van der Waals surface area contributed by atoms with Gasteiger partial charge >= 0.3 is 6.03 Å². The Balaban J connectivity index is 1.74. The number of halogens is 2. The van der Waals surface area contributed by atoms with Crippen LogP contribution in [0.1, 0.15) is 31.2 Å². The number of likely N-dealkylation sites (tertiary alicyclic amines) is 1. The first-order valence-corrected chi connectivity index (χ1v) is 9.25. The van der Waals surface area contributed by atoms with Crippen molar-refractivity contribution in [2.24, 2.45) is 11.7 Å². The van der Waals surface area contributed by atoms with Gasteiger partial charge in [0.2, 0.25) is 11.8 Å². The van der Waals surface area contributed by atoms with E-state index in [4.69, 9.17) is 5.73 Å². The zero-order valence-corrected chi connectivity index (χ0v) is 15.9. The van der Waals surface area contributed by atoms with Gasteiger partial charge in [0.15, 0.2) is 11.6 Å². The molecular formula is C19H26F2N4O3. The van der Waals surface area contributed by atoms with Crippen molar-refractivity contribution in [3.8, 4) is 0 Å². The SMILES string of the molecule is CN(CC(=O)N1CCCC(CCC(=O)NCc2ccc(F)c(F)c2)C1)C(N)=O. The van der Waals surface area contributed by atoms with E-state index in [0.717, 1.165) is 29.9 Å². The summed E-state index contributed by atoms with van der Waals surface area (Å²) in [6.45, 7) is 1.24. The minimum Gasteiger partial charge on any atom is -0.352 e. The van der Waals surface area contributed by atoms with Crippen LogP contribution in [-0.2, 0) is 16.1 Å². The molecule has 1 fully saturated rings. The predicted molar refractivity (Wildman–Crippen MR) is 99.0 cm³/mol. The van der Waals surface area contributed by atoms with Gasteiger partial charge in [-0.2, -0.15) is 0 Å². The third-order valence-corrected chi connectivity index (χ3v) is 4.87. The summed E-state index contributed by atoms with van der Waals surface area (Å²) in [6.07, 6.45) is 2.68. The van der Waals surface area contributed by atoms with Crippen molar-refractivity contribution < 1.29 is 23.2 Å². The van der Waals surface area contributed by atoms with Crippen molar-refractivity contribution in [1.82, 2.24) is 15.1 Å². The number of hydrogen-bond donors (Lipinski definition) is 2. The fourth-order valence-electron chi connectivity index (χ4n) is 3.18. The molecule has 9 heteroatoms. The molecular weight excluding hydrogens is 370 g/mol. The van der Waals surface area contributed by atoms with Gasteiger partial charge < -0.3 is 20.9 Å². The molecule has 1 unspecified atom stereocenters. The number of piperidine rings is 1. The van der Waals surface area contributed by atoms with Crippen LogP contribution in [0.4, 0.5) is 13.6 Å². The van der Waals surface area contributed by atoms with E-state index < -0.39 is 17.7 Å². The first-order valence-electron chi connectivity index (χ1n) is 9.25. The normalized spacial score (nSPS) is 16.5. The number of benzene rings is 1. The molecule has 0 radical (unpaired) electrons. The minimum absolute atomic E-state index is 0.0588. The zero-order chi connectivity index (χ0) is 20.7. The molecule has 1 aliphatic rings. The van der Waals surface area contributed by atoms with Crippen LogP contribution in [-0.4, -0.2) is 54.3 Å². The highest BCUT2D eigenvalue weighted by Gasteiger charge is 2.25. The largest absolute Gasteiger partial charge is 0.352 e. The van der Waals surface area contributed by atoms with Gasteiger partial charge in [-0.25, -0.2) is 13.6 Å². The maximum absolute atomic E-state index is 13.2. The Morgan fingerprint density at radius 3 is 2.71 bits per heavy atom. The quantitative estimate of drug-likeness (QED) is 0.733. The number of primary amides is 1. The number of carbonyl (C=O) groups excluding carboxylic acids is 3. The Morgan fingerprint density at radius 2 is 2.04 bits per heavy atom. The summed E-state index contributed by atoms with van der Waals surface area (Å²) in [5, 5.41) is 2.69. The smallest absolute Gasteiger partial charge is 0.314 e. The van der Waals surface area contributed by atoms with Crippen molar-refractivity contribution in [3.63, 3.8) is 0 Å². The number of amides is 4. The summed E-state index contributed by atoms with van der Waals surface area (Å²) in [7, 11) is 1.47. The van der Waals surface area contributed by atoms with Crippen LogP contribution in [0.25, 0.3) is 0 Å². The van der Waals surface area contributed by atoms with Crippen LogP contribution in [0.3, 0.4) is 0 Å². The number of urea groups is 1. The lowest BCUT2D eigenvalue weighted by Gasteiger charge is -2.33. The Morgan fingerprint density at radius 1 is 1.29 bits per heavy atom. The topological polar surface area (TPSA) is 95.7 Å². The van der Waals surface area contributed by atoms with E-state index in [2.05, 4.69) is 5.32 Å². The molecule has 0 bridgehead atoms. The van der Waals surface area contributed by atoms with Crippen molar-refractivity contribution in [2.75, 3.05) is 26.7 Å². The summed E-state index contributed by atoms with van der Waals surface area (Å²) in [5.74, 6) is -2.00. The lowest BCUT2D eigenvalue weighted by molar-refractivity contribution is -0.133. The van der Waals surface area contributed by atoms with E-state index >= 15 is 0 Å². The van der Waals surface area contributed by atoms with E-state index in [0.29, 0.717) is 25.1 Å². The molecule has 3 N–H and O–H groups in total. The maximum Gasteiger partial charge on any atom is 0.314 e. The Labute approximate surface area is 162 Å². The number of rotatable bonds is 7. The molecule has 0 aromatic heterocycles. The average molecular weight is 396 g/mol. The Kier molecular flexibility index (Phi) is 7.71. The molecule has 7 nitrogen and oxygen atoms in total. The van der Waals surface area contributed by atoms with E-state index in [1.807, 2.05) is 0 Å². The molecule has 1 aromatic rings. The van der Waals surface area contributed by atoms with Crippen LogP contribution in [0.2, 0.25) is 0 Å². The summed E-state index contributed by atoms with van der Waals surface area (Å²) in [4.78, 5) is 38.2. The fourth-order valence-corrected chi connectivity index (χ4v) is 3.18. The molecule has 1 atom stereocenters. The van der Waals surface area contributed by atoms with Crippen molar-refractivity contribution >= 4 is 17.8 Å². The van der Waals surface area contributed by atoms with Crippen LogP contribution in [0, 0.1) is 17.6 Å². The van der Waals surface area contributed by atoms with Crippen LogP contribution in [0.5, 0.6) is 0 Å². The van der Waals surface area contributed by atoms with Crippen molar-refractivity contribution in [2.45, 2.75) is 32.2 Å². The molecule has 1 heterocycles. The highest BCUT2D eigenvalue weighted by Crippen LogP contribution is 2.21. The minimum atomic E-state index is -0.944. The summed E-state index contributed by atoms with van der Waals surface area (Å²) < 4.78 is 26.1. The highest BCUT2D eigenvalue weighted by atomic mass is 19.2. The van der Waals surface area contributed by atoms with Gasteiger partial charge in [-0.05, 0) is 42.9 Å². The summed E-state index contributed by atoms with van der Waals surface area (Å²) >= 11 is 0. The Hall–Kier alpha value is -2.71. The monoisotopic (exact) mass is 396 g/mol. The van der Waals surface area contributed by atoms with Crippen molar-refractivity contribution in [1.29, 1.82) is 0 Å². The van der Waals surface area contributed by atoms with Gasteiger partial charge in [0.1, 0.15) is 6.54 Å². The molecule has 2 rings (SSSR count). The molecule has 0 spiro atoms. The second-order valence-electron chi connectivity index (χ2n) is 7.11. The van der Waals surface area contributed by atoms with Gasteiger partial charge in [0.25, 0.3) is 0 Å². The number of nitrogens with one attached hydrogen (secondary N) is 1. The van der Waals surface area contributed by atoms with Gasteiger partial charge in [-0.15, -0.1) is 0 Å². The van der Waals surface area contributed by atoms with Crippen LogP contribution < -0.4 is 11.1 Å². The molecule has 1 saturated heterocycles. The molecule has 1 aliphatic heterocycles. The number of hydrogen-bond acceptors (Lipinski definition) is 3. The van der Waals surface area contributed by atoms with Crippen LogP contribution >= 0.6 is 0 Å². The lowest BCUT2D eigenvalue weighted by atomic mass is 9.93. The van der Waals surface area contributed by atoms with E-state index in [1.54, 1.807) is 4.90 Å². The fraction of sp³-hybridized carbons (Fsp3) is 0.526. The summed E-state index contributed by atoms with van der Waals surface area (Å²) in [5.41, 5.74) is 5.63. The van der Waals surface area contributed by atoms with Gasteiger partial charge in [-0.1, -0.05) is 6.07 Å². The third kappa shape index (κ3) is 6.47. The number of nitrogens with zero attached hydrogens (tertiary/aromatic N) is 2. The second kappa shape index (κ2) is 10.0. The zero-order valence-electron chi connectivity index (χ0n) is 15.9. The molecule has 28 heavy (non-hydrogen) atoms. The molecule has 154 valence electrons. The highest BCUT2D eigenvalue weighted by molar-refractivity contribution is 5.83. The Bertz CT molecular complexity index is 729. The van der Waals surface area contributed by atoms with E-state index in [9.17, 15) is 23.2 Å².